The van der Waals surface area contributed by atoms with Crippen LogP contribution in [-0.2, 0) is 4.74 Å². The minimum atomic E-state index is -0.422. The molecule has 2 aromatic rings. The Balaban J connectivity index is 1.63. The van der Waals surface area contributed by atoms with Crippen LogP contribution in [0.5, 0.6) is 0 Å². The van der Waals surface area contributed by atoms with Crippen molar-refractivity contribution in [1.82, 2.24) is 19.8 Å². The molecular weight excluding hydrogens is 328 g/mol. The number of benzene rings is 1. The summed E-state index contributed by atoms with van der Waals surface area (Å²) in [7, 11) is 0. The highest BCUT2D eigenvalue weighted by Gasteiger charge is 2.26. The molecule has 0 saturated carbocycles. The summed E-state index contributed by atoms with van der Waals surface area (Å²) < 4.78 is 9.40. The minimum absolute atomic E-state index is 0.0411. The molecule has 1 aromatic carbocycles. The first kappa shape index (κ1) is 16.5. The van der Waals surface area contributed by atoms with E-state index >= 15 is 0 Å². The van der Waals surface area contributed by atoms with Gasteiger partial charge in [0.05, 0.1) is 12.2 Å². The summed E-state index contributed by atoms with van der Waals surface area (Å²) in [4.78, 5) is 26.1. The van der Waals surface area contributed by atoms with E-state index in [4.69, 9.17) is 4.74 Å². The first-order valence-corrected chi connectivity index (χ1v) is 8.50. The van der Waals surface area contributed by atoms with E-state index in [0.717, 1.165) is 11.3 Å². The third-order valence-corrected chi connectivity index (χ3v) is 4.23. The van der Waals surface area contributed by atoms with Gasteiger partial charge in [0.1, 0.15) is 5.69 Å². The van der Waals surface area contributed by atoms with Crippen molar-refractivity contribution in [3.05, 3.63) is 35.2 Å². The van der Waals surface area contributed by atoms with Crippen molar-refractivity contribution in [2.24, 2.45) is 0 Å². The van der Waals surface area contributed by atoms with Gasteiger partial charge in [-0.15, -0.1) is 5.10 Å². The Hall–Kier alpha value is -2.32. The highest BCUT2D eigenvalue weighted by Crippen LogP contribution is 2.18. The number of hydrogen-bond acceptors (Lipinski definition) is 6. The van der Waals surface area contributed by atoms with Gasteiger partial charge in [0.15, 0.2) is 0 Å². The van der Waals surface area contributed by atoms with Gasteiger partial charge in [-0.2, -0.15) is 0 Å². The summed E-state index contributed by atoms with van der Waals surface area (Å²) in [5, 5.41) is 8.24. The van der Waals surface area contributed by atoms with Crippen molar-refractivity contribution in [3.63, 3.8) is 0 Å². The Bertz CT molecular complexity index is 707. The molecule has 2 atom stereocenters. The van der Waals surface area contributed by atoms with Crippen LogP contribution in [0.2, 0.25) is 0 Å². The van der Waals surface area contributed by atoms with Gasteiger partial charge in [-0.1, -0.05) is 16.6 Å². The topological polar surface area (TPSA) is 84.4 Å². The van der Waals surface area contributed by atoms with Gasteiger partial charge in [-0.05, 0) is 37.5 Å². The number of rotatable bonds is 2. The minimum Gasteiger partial charge on any atom is -0.372 e. The van der Waals surface area contributed by atoms with E-state index in [-0.39, 0.29) is 12.2 Å². The fourth-order valence-electron chi connectivity index (χ4n) is 2.67. The Morgan fingerprint density at radius 2 is 1.88 bits per heavy atom. The number of morpholine rings is 1. The van der Waals surface area contributed by atoms with Crippen LogP contribution in [0, 0.1) is 0 Å². The Kier molecular flexibility index (Phi) is 4.86. The van der Waals surface area contributed by atoms with Crippen molar-refractivity contribution in [2.45, 2.75) is 26.1 Å². The van der Waals surface area contributed by atoms with Crippen molar-refractivity contribution in [1.29, 1.82) is 0 Å². The SMILES string of the molecule is C[C@H]1CN(C(=O)NC(=O)c2ccc(-c3csnn3)cc2)C[C@H](C)O1. The number of ether oxygens (including phenoxy) is 1. The second-order valence-corrected chi connectivity index (χ2v) is 6.40. The van der Waals surface area contributed by atoms with Crippen molar-refractivity contribution >= 4 is 23.5 Å². The summed E-state index contributed by atoms with van der Waals surface area (Å²) in [6, 6.07) is 6.52. The molecule has 0 aliphatic carbocycles. The zero-order valence-electron chi connectivity index (χ0n) is 13.4. The molecule has 0 bridgehead atoms. The van der Waals surface area contributed by atoms with Gasteiger partial charge in [0, 0.05) is 29.6 Å². The van der Waals surface area contributed by atoms with E-state index in [2.05, 4.69) is 14.9 Å². The molecule has 0 radical (unpaired) electrons. The maximum atomic E-state index is 12.2. The first-order chi connectivity index (χ1) is 11.5. The molecule has 7 nitrogen and oxygen atoms in total. The normalized spacial score (nSPS) is 20.7. The van der Waals surface area contributed by atoms with Crippen LogP contribution < -0.4 is 5.32 Å². The van der Waals surface area contributed by atoms with E-state index in [1.807, 2.05) is 19.2 Å². The number of amides is 3. The van der Waals surface area contributed by atoms with Crippen molar-refractivity contribution in [2.75, 3.05) is 13.1 Å². The van der Waals surface area contributed by atoms with Crippen LogP contribution in [0.1, 0.15) is 24.2 Å². The molecule has 0 spiro atoms. The number of nitrogens with zero attached hydrogens (tertiary/aromatic N) is 3. The van der Waals surface area contributed by atoms with Gasteiger partial charge in [-0.25, -0.2) is 4.79 Å². The van der Waals surface area contributed by atoms with Gasteiger partial charge in [0.2, 0.25) is 0 Å². The average Bonchev–Trinajstić information content (AvgIpc) is 3.08. The van der Waals surface area contributed by atoms with E-state index in [9.17, 15) is 9.59 Å². The average molecular weight is 346 g/mol. The molecule has 2 heterocycles. The Morgan fingerprint density at radius 3 is 2.46 bits per heavy atom. The fraction of sp³-hybridized carbons (Fsp3) is 0.375. The number of nitrogens with one attached hydrogen (secondary N) is 1. The second kappa shape index (κ2) is 7.06. The Morgan fingerprint density at radius 1 is 1.21 bits per heavy atom. The van der Waals surface area contributed by atoms with Gasteiger partial charge in [0.25, 0.3) is 5.91 Å². The molecule has 24 heavy (non-hydrogen) atoms. The molecule has 1 aliphatic rings. The summed E-state index contributed by atoms with van der Waals surface area (Å²) >= 11 is 1.27. The number of aromatic nitrogens is 2. The van der Waals surface area contributed by atoms with Crippen LogP contribution in [0.4, 0.5) is 4.79 Å². The van der Waals surface area contributed by atoms with E-state index in [0.29, 0.717) is 18.7 Å². The quantitative estimate of drug-likeness (QED) is 0.901. The standard InChI is InChI=1S/C16H18N4O3S/c1-10-7-20(8-11(2)23-10)16(22)17-15(21)13-5-3-12(4-6-13)14-9-24-19-18-14/h3-6,9-11H,7-8H2,1-2H3,(H,17,21,22)/t10-,11-/m0/s1. The maximum Gasteiger partial charge on any atom is 0.324 e. The fourth-order valence-corrected chi connectivity index (χ4v) is 3.14. The number of carbonyl (C=O) groups excluding carboxylic acids is 2. The van der Waals surface area contributed by atoms with Crippen LogP contribution in [0.15, 0.2) is 29.6 Å². The van der Waals surface area contributed by atoms with Crippen LogP contribution >= 0.6 is 11.5 Å². The van der Waals surface area contributed by atoms with E-state index < -0.39 is 11.9 Å². The molecule has 8 heteroatoms. The van der Waals surface area contributed by atoms with Crippen LogP contribution in [0.25, 0.3) is 11.3 Å². The molecule has 126 valence electrons. The summed E-state index contributed by atoms with van der Waals surface area (Å²) in [5.74, 6) is -0.422. The van der Waals surface area contributed by atoms with Gasteiger partial charge >= 0.3 is 6.03 Å². The van der Waals surface area contributed by atoms with E-state index in [1.54, 1.807) is 29.2 Å². The molecule has 1 fully saturated rings. The molecule has 3 amide bonds. The third-order valence-electron chi connectivity index (χ3n) is 3.73. The smallest absolute Gasteiger partial charge is 0.324 e. The maximum absolute atomic E-state index is 12.2. The number of imide groups is 1. The largest absolute Gasteiger partial charge is 0.372 e. The highest BCUT2D eigenvalue weighted by molar-refractivity contribution is 7.03. The molecule has 1 saturated heterocycles. The summed E-state index contributed by atoms with van der Waals surface area (Å²) in [5.41, 5.74) is 2.06. The van der Waals surface area contributed by atoms with Crippen molar-refractivity contribution < 1.29 is 14.3 Å². The van der Waals surface area contributed by atoms with Gasteiger partial charge in [-0.3, -0.25) is 10.1 Å². The summed E-state index contributed by atoms with van der Waals surface area (Å²) in [6.45, 7) is 4.76. The number of hydrogen-bond donors (Lipinski definition) is 1. The van der Waals surface area contributed by atoms with E-state index in [1.165, 1.54) is 11.5 Å². The molecular formula is C16H18N4O3S. The highest BCUT2D eigenvalue weighted by atomic mass is 32.1. The lowest BCUT2D eigenvalue weighted by molar-refractivity contribution is -0.0543. The monoisotopic (exact) mass is 346 g/mol. The first-order valence-electron chi connectivity index (χ1n) is 7.66. The van der Waals surface area contributed by atoms with Crippen molar-refractivity contribution in [3.8, 4) is 11.3 Å². The number of carbonyl (C=O) groups is 2. The lowest BCUT2D eigenvalue weighted by atomic mass is 10.1. The predicted octanol–water partition coefficient (Wildman–Crippen LogP) is 2.16. The second-order valence-electron chi connectivity index (χ2n) is 5.79. The van der Waals surface area contributed by atoms with Crippen LogP contribution in [-0.4, -0.2) is 51.7 Å². The zero-order chi connectivity index (χ0) is 17.1. The summed E-state index contributed by atoms with van der Waals surface area (Å²) in [6.07, 6.45) is -0.0822. The van der Waals surface area contributed by atoms with Gasteiger partial charge < -0.3 is 9.64 Å². The lowest BCUT2D eigenvalue weighted by Gasteiger charge is -2.35. The molecule has 1 aromatic heterocycles. The number of urea groups is 1. The van der Waals surface area contributed by atoms with Crippen LogP contribution in [0.3, 0.4) is 0 Å². The molecule has 0 unspecified atom stereocenters. The molecule has 3 rings (SSSR count). The zero-order valence-corrected chi connectivity index (χ0v) is 14.2. The predicted molar refractivity (Wildman–Crippen MR) is 89.8 cm³/mol. The Labute approximate surface area is 143 Å². The third kappa shape index (κ3) is 3.77. The molecule has 1 aliphatic heterocycles. The molecule has 1 N–H and O–H groups in total. The lowest BCUT2D eigenvalue weighted by Crippen LogP contribution is -2.52.